The molecule has 2 rings (SSSR count). The number of rotatable bonds is 6. The maximum absolute atomic E-state index is 12.3. The van der Waals surface area contributed by atoms with E-state index in [2.05, 4.69) is 20.8 Å². The van der Waals surface area contributed by atoms with E-state index in [4.69, 9.17) is 21.4 Å². The predicted molar refractivity (Wildman–Crippen MR) is 74.9 cm³/mol. The lowest BCUT2D eigenvalue weighted by atomic mass is 10.1. The molecular weight excluding hydrogens is 314 g/mol. The van der Waals surface area contributed by atoms with Gasteiger partial charge in [-0.3, -0.25) is 4.79 Å². The predicted octanol–water partition coefficient (Wildman–Crippen LogP) is 0.145. The Bertz CT molecular complexity index is 676. The first-order valence-corrected chi connectivity index (χ1v) is 6.46. The molecule has 0 aliphatic carbocycles. The van der Waals surface area contributed by atoms with Crippen molar-refractivity contribution in [2.24, 2.45) is 0 Å². The zero-order valence-corrected chi connectivity index (χ0v) is 12.2. The molecule has 0 aliphatic rings. The summed E-state index contributed by atoms with van der Waals surface area (Å²) in [7, 11) is 1.34. The van der Waals surface area contributed by atoms with Crippen molar-refractivity contribution < 1.29 is 19.4 Å². The fourth-order valence-corrected chi connectivity index (χ4v) is 1.91. The van der Waals surface area contributed by atoms with E-state index < -0.39 is 17.9 Å². The van der Waals surface area contributed by atoms with Gasteiger partial charge in [0.1, 0.15) is 6.33 Å². The summed E-state index contributed by atoms with van der Waals surface area (Å²) < 4.78 is 6.04. The molecule has 9 nitrogen and oxygen atoms in total. The van der Waals surface area contributed by atoms with E-state index in [1.807, 2.05) is 0 Å². The van der Waals surface area contributed by atoms with E-state index in [0.717, 1.165) is 0 Å². The first kappa shape index (κ1) is 15.9. The number of tetrazole rings is 1. The quantitative estimate of drug-likeness (QED) is 0.775. The molecule has 1 unspecified atom stereocenters. The molecular formula is C12H12ClN5O4. The van der Waals surface area contributed by atoms with Gasteiger partial charge in [0.2, 0.25) is 0 Å². The number of carbonyl (C=O) groups is 2. The third-order valence-electron chi connectivity index (χ3n) is 2.74. The fraction of sp³-hybridized carbons (Fsp3) is 0.250. The van der Waals surface area contributed by atoms with E-state index in [1.165, 1.54) is 24.2 Å². The average molecular weight is 326 g/mol. The Hall–Kier alpha value is -2.52. The van der Waals surface area contributed by atoms with Crippen molar-refractivity contribution in [2.45, 2.75) is 6.04 Å². The average Bonchev–Trinajstić information content (AvgIpc) is 3.00. The van der Waals surface area contributed by atoms with Gasteiger partial charge in [-0.1, -0.05) is 11.6 Å². The number of nitrogens with zero attached hydrogens (tertiary/aromatic N) is 4. The molecule has 1 atom stereocenters. The van der Waals surface area contributed by atoms with Crippen LogP contribution >= 0.6 is 11.6 Å². The summed E-state index contributed by atoms with van der Waals surface area (Å²) in [6, 6.07) is 3.34. The van der Waals surface area contributed by atoms with Crippen LogP contribution in [0.3, 0.4) is 0 Å². The zero-order chi connectivity index (χ0) is 16.1. The van der Waals surface area contributed by atoms with Gasteiger partial charge in [0.25, 0.3) is 5.91 Å². The number of aliphatic carboxylic acids is 1. The molecule has 10 heteroatoms. The summed E-state index contributed by atoms with van der Waals surface area (Å²) in [4.78, 5) is 23.4. The molecule has 0 saturated heterocycles. The zero-order valence-electron chi connectivity index (χ0n) is 11.4. The number of hydrogen-bond donors (Lipinski definition) is 2. The minimum absolute atomic E-state index is 0.141. The van der Waals surface area contributed by atoms with Gasteiger partial charge in [-0.05, 0) is 28.6 Å². The Labute approximate surface area is 129 Å². The summed E-state index contributed by atoms with van der Waals surface area (Å²) >= 11 is 5.90. The van der Waals surface area contributed by atoms with Gasteiger partial charge in [0, 0.05) is 12.1 Å². The van der Waals surface area contributed by atoms with Gasteiger partial charge >= 0.3 is 5.97 Å². The lowest BCUT2D eigenvalue weighted by Gasteiger charge is -2.15. The minimum atomic E-state index is -1.21. The second-order valence-electron chi connectivity index (χ2n) is 4.24. The van der Waals surface area contributed by atoms with Gasteiger partial charge in [0.05, 0.1) is 17.9 Å². The van der Waals surface area contributed by atoms with Crippen LogP contribution in [0.5, 0.6) is 0 Å². The van der Waals surface area contributed by atoms with Crippen molar-refractivity contribution >= 4 is 23.5 Å². The summed E-state index contributed by atoms with van der Waals surface area (Å²) in [5.41, 5.74) is 0.510. The van der Waals surface area contributed by atoms with E-state index in [-0.39, 0.29) is 12.2 Å². The van der Waals surface area contributed by atoms with E-state index in [0.29, 0.717) is 10.7 Å². The molecule has 1 aromatic carbocycles. The SMILES string of the molecule is COCC(NC(=O)c1cc(Cl)ccc1-n1cnnn1)C(=O)O. The molecule has 0 bridgehead atoms. The summed E-state index contributed by atoms with van der Waals surface area (Å²) in [6.45, 7) is -0.165. The number of ether oxygens (including phenoxy) is 1. The largest absolute Gasteiger partial charge is 0.480 e. The standard InChI is InChI=1S/C12H12ClN5O4/c1-22-5-9(12(20)21)15-11(19)8-4-7(13)2-3-10(8)18-6-14-16-17-18/h2-4,6,9H,5H2,1H3,(H,15,19)(H,20,21). The van der Waals surface area contributed by atoms with Gasteiger partial charge < -0.3 is 15.2 Å². The second-order valence-corrected chi connectivity index (χ2v) is 4.67. The van der Waals surface area contributed by atoms with Crippen LogP contribution in [0.4, 0.5) is 0 Å². The first-order chi connectivity index (χ1) is 10.5. The number of halogens is 1. The second kappa shape index (κ2) is 6.96. The molecule has 22 heavy (non-hydrogen) atoms. The summed E-state index contributed by atoms with van der Waals surface area (Å²) in [5, 5.41) is 22.4. The van der Waals surface area contributed by atoms with Crippen molar-refractivity contribution in [2.75, 3.05) is 13.7 Å². The van der Waals surface area contributed by atoms with Crippen LogP contribution in [0.2, 0.25) is 5.02 Å². The van der Waals surface area contributed by atoms with E-state index >= 15 is 0 Å². The van der Waals surface area contributed by atoms with Crippen LogP contribution < -0.4 is 5.32 Å². The topological polar surface area (TPSA) is 119 Å². The van der Waals surface area contributed by atoms with Crippen LogP contribution in [0.25, 0.3) is 5.69 Å². The number of carboxylic acids is 1. The van der Waals surface area contributed by atoms with Crippen LogP contribution in [0.1, 0.15) is 10.4 Å². The minimum Gasteiger partial charge on any atom is -0.480 e. The van der Waals surface area contributed by atoms with E-state index in [1.54, 1.807) is 12.1 Å². The molecule has 1 heterocycles. The summed E-state index contributed by atoms with van der Waals surface area (Å²) in [6.07, 6.45) is 1.31. The highest BCUT2D eigenvalue weighted by atomic mass is 35.5. The molecule has 2 aromatic rings. The fourth-order valence-electron chi connectivity index (χ4n) is 1.74. The maximum atomic E-state index is 12.3. The third-order valence-corrected chi connectivity index (χ3v) is 2.97. The maximum Gasteiger partial charge on any atom is 0.328 e. The third kappa shape index (κ3) is 3.57. The lowest BCUT2D eigenvalue weighted by Crippen LogP contribution is -2.44. The number of amides is 1. The lowest BCUT2D eigenvalue weighted by molar-refractivity contribution is -0.140. The number of methoxy groups -OCH3 is 1. The van der Waals surface area contributed by atoms with E-state index in [9.17, 15) is 9.59 Å². The Morgan fingerprint density at radius 2 is 2.27 bits per heavy atom. The summed E-state index contributed by atoms with van der Waals surface area (Å²) in [5.74, 6) is -1.83. The highest BCUT2D eigenvalue weighted by Gasteiger charge is 2.23. The molecule has 116 valence electrons. The number of nitrogens with one attached hydrogen (secondary N) is 1. The molecule has 1 aromatic heterocycles. The number of hydrogen-bond acceptors (Lipinski definition) is 6. The molecule has 1 amide bonds. The normalized spacial score (nSPS) is 11.9. The molecule has 0 aliphatic heterocycles. The molecule has 2 N–H and O–H groups in total. The first-order valence-electron chi connectivity index (χ1n) is 6.08. The van der Waals surface area contributed by atoms with Crippen molar-refractivity contribution in [3.8, 4) is 5.69 Å². The van der Waals surface area contributed by atoms with Crippen LogP contribution in [0.15, 0.2) is 24.5 Å². The highest BCUT2D eigenvalue weighted by molar-refractivity contribution is 6.31. The van der Waals surface area contributed by atoms with Crippen LogP contribution in [-0.4, -0.2) is 56.9 Å². The smallest absolute Gasteiger partial charge is 0.328 e. The van der Waals surface area contributed by atoms with Crippen molar-refractivity contribution in [3.05, 3.63) is 35.1 Å². The monoisotopic (exact) mass is 325 g/mol. The van der Waals surface area contributed by atoms with Crippen LogP contribution in [-0.2, 0) is 9.53 Å². The van der Waals surface area contributed by atoms with Gasteiger partial charge in [-0.15, -0.1) is 5.10 Å². The van der Waals surface area contributed by atoms with Crippen molar-refractivity contribution in [1.29, 1.82) is 0 Å². The number of carboxylic acid groups (broad SMARTS) is 1. The van der Waals surface area contributed by atoms with Gasteiger partial charge in [-0.25, -0.2) is 4.79 Å². The van der Waals surface area contributed by atoms with Crippen molar-refractivity contribution in [1.82, 2.24) is 25.5 Å². The Morgan fingerprint density at radius 1 is 1.50 bits per heavy atom. The number of aromatic nitrogens is 4. The Morgan fingerprint density at radius 3 is 2.86 bits per heavy atom. The van der Waals surface area contributed by atoms with Crippen molar-refractivity contribution in [3.63, 3.8) is 0 Å². The molecule has 0 fully saturated rings. The Balaban J connectivity index is 2.32. The van der Waals surface area contributed by atoms with Gasteiger partial charge in [0.15, 0.2) is 6.04 Å². The van der Waals surface area contributed by atoms with Gasteiger partial charge in [-0.2, -0.15) is 4.68 Å². The molecule has 0 spiro atoms. The molecule has 0 saturated carbocycles. The molecule has 0 radical (unpaired) electrons. The Kier molecular flexibility index (Phi) is 5.02. The number of carbonyl (C=O) groups excluding carboxylic acids is 1. The highest BCUT2D eigenvalue weighted by Crippen LogP contribution is 2.19. The number of benzene rings is 1. The van der Waals surface area contributed by atoms with Crippen LogP contribution in [0, 0.1) is 0 Å².